The number of pyridine rings is 1. The summed E-state index contributed by atoms with van der Waals surface area (Å²) >= 11 is 4.70. The first-order valence-corrected chi connectivity index (χ1v) is 6.42. The Hall–Kier alpha value is -2.15. The van der Waals surface area contributed by atoms with Crippen molar-refractivity contribution in [3.63, 3.8) is 0 Å². The third-order valence-electron chi connectivity index (χ3n) is 2.84. The van der Waals surface area contributed by atoms with E-state index in [1.54, 1.807) is 12.4 Å². The summed E-state index contributed by atoms with van der Waals surface area (Å²) in [6.45, 7) is 0.463. The van der Waals surface area contributed by atoms with Crippen molar-refractivity contribution in [2.75, 3.05) is 5.32 Å². The molecule has 0 fully saturated rings. The minimum absolute atomic E-state index is 0.183. The minimum atomic E-state index is -4.48. The third kappa shape index (κ3) is 3.91. The first kappa shape index (κ1) is 15.2. The molecule has 0 atom stereocenters. The molecule has 0 spiro atoms. The van der Waals surface area contributed by atoms with Gasteiger partial charge in [0.25, 0.3) is 0 Å². The molecule has 0 bridgehead atoms. The van der Waals surface area contributed by atoms with Crippen LogP contribution in [0.2, 0.25) is 0 Å². The van der Waals surface area contributed by atoms with Crippen LogP contribution >= 0.6 is 12.2 Å². The minimum Gasteiger partial charge on any atom is -0.389 e. The van der Waals surface area contributed by atoms with Crippen LogP contribution < -0.4 is 11.1 Å². The van der Waals surface area contributed by atoms with Crippen molar-refractivity contribution in [2.24, 2.45) is 5.73 Å². The van der Waals surface area contributed by atoms with Crippen molar-refractivity contribution >= 4 is 22.9 Å². The molecular weight excluding hydrogens is 299 g/mol. The molecule has 0 saturated heterocycles. The lowest BCUT2D eigenvalue weighted by Crippen LogP contribution is -2.18. The number of halogens is 3. The van der Waals surface area contributed by atoms with Crippen LogP contribution in [0, 0.1) is 0 Å². The molecule has 21 heavy (non-hydrogen) atoms. The maximum Gasteiger partial charge on any atom is 0.417 e. The summed E-state index contributed by atoms with van der Waals surface area (Å²) in [6.07, 6.45) is -1.20. The Balaban J connectivity index is 2.22. The summed E-state index contributed by atoms with van der Waals surface area (Å²) in [7, 11) is 0. The van der Waals surface area contributed by atoms with Crippen molar-refractivity contribution in [3.8, 4) is 0 Å². The van der Waals surface area contributed by atoms with E-state index in [0.29, 0.717) is 12.2 Å². The highest BCUT2D eigenvalue weighted by Crippen LogP contribution is 2.33. The summed E-state index contributed by atoms with van der Waals surface area (Å²) in [4.78, 5) is 3.61. The number of aromatic nitrogens is 1. The van der Waals surface area contributed by atoms with Gasteiger partial charge in [0.05, 0.1) is 5.56 Å². The average Bonchev–Trinajstić information content (AvgIpc) is 2.45. The zero-order valence-electron chi connectivity index (χ0n) is 10.8. The fourth-order valence-electron chi connectivity index (χ4n) is 1.81. The van der Waals surface area contributed by atoms with Crippen LogP contribution in [0.15, 0.2) is 42.7 Å². The molecule has 110 valence electrons. The molecule has 1 aromatic carbocycles. The molecule has 2 aromatic rings. The molecule has 1 heterocycles. The number of nitrogens with two attached hydrogens (primary N) is 1. The predicted molar refractivity (Wildman–Crippen MR) is 78.9 cm³/mol. The Bertz CT molecular complexity index is 642. The van der Waals surface area contributed by atoms with E-state index in [1.807, 2.05) is 12.1 Å². The Labute approximate surface area is 125 Å². The Morgan fingerprint density at radius 1 is 1.19 bits per heavy atom. The lowest BCUT2D eigenvalue weighted by atomic mass is 10.1. The number of nitrogens with zero attached hydrogens (tertiary/aromatic N) is 1. The van der Waals surface area contributed by atoms with Gasteiger partial charge < -0.3 is 11.1 Å². The van der Waals surface area contributed by atoms with E-state index in [9.17, 15) is 13.2 Å². The second kappa shape index (κ2) is 6.09. The van der Waals surface area contributed by atoms with Crippen LogP contribution in [0.5, 0.6) is 0 Å². The van der Waals surface area contributed by atoms with Gasteiger partial charge in [0.15, 0.2) is 0 Å². The van der Waals surface area contributed by atoms with Crippen LogP contribution in [0.4, 0.5) is 18.9 Å². The molecule has 0 aliphatic carbocycles. The molecule has 1 aromatic heterocycles. The molecule has 0 unspecified atom stereocenters. The van der Waals surface area contributed by atoms with Gasteiger partial charge in [-0.15, -0.1) is 0 Å². The predicted octanol–water partition coefficient (Wildman–Crippen LogP) is 3.35. The highest BCUT2D eigenvalue weighted by atomic mass is 32.1. The van der Waals surface area contributed by atoms with Crippen LogP contribution in [0.1, 0.15) is 16.7 Å². The van der Waals surface area contributed by atoms with Gasteiger partial charge in [-0.3, -0.25) is 4.98 Å². The maximum absolute atomic E-state index is 12.8. The first-order chi connectivity index (χ1) is 9.88. The van der Waals surface area contributed by atoms with Gasteiger partial charge in [0, 0.05) is 30.2 Å². The number of anilines is 1. The number of benzene rings is 1. The zero-order valence-corrected chi connectivity index (χ0v) is 11.6. The lowest BCUT2D eigenvalue weighted by Gasteiger charge is -2.14. The second-order valence-corrected chi connectivity index (χ2v) is 4.77. The second-order valence-electron chi connectivity index (χ2n) is 4.33. The summed E-state index contributed by atoms with van der Waals surface area (Å²) in [5.74, 6) is 0. The Morgan fingerprint density at radius 2 is 1.86 bits per heavy atom. The van der Waals surface area contributed by atoms with E-state index in [1.165, 1.54) is 12.1 Å². The van der Waals surface area contributed by atoms with E-state index in [0.717, 1.165) is 11.6 Å². The van der Waals surface area contributed by atoms with Gasteiger partial charge in [-0.1, -0.05) is 12.2 Å². The normalized spacial score (nSPS) is 11.2. The summed E-state index contributed by atoms with van der Waals surface area (Å²) in [5, 5.41) is 3.02. The lowest BCUT2D eigenvalue weighted by molar-refractivity contribution is -0.137. The molecule has 0 saturated carbocycles. The molecule has 2 rings (SSSR count). The van der Waals surface area contributed by atoms with Crippen LogP contribution in [-0.4, -0.2) is 9.97 Å². The first-order valence-electron chi connectivity index (χ1n) is 6.02. The zero-order chi connectivity index (χ0) is 15.5. The van der Waals surface area contributed by atoms with Crippen molar-refractivity contribution < 1.29 is 13.2 Å². The highest BCUT2D eigenvalue weighted by Gasteiger charge is 2.33. The maximum atomic E-state index is 12.8. The van der Waals surface area contributed by atoms with E-state index in [-0.39, 0.29) is 10.6 Å². The van der Waals surface area contributed by atoms with E-state index >= 15 is 0 Å². The van der Waals surface area contributed by atoms with Gasteiger partial charge >= 0.3 is 6.18 Å². The molecule has 3 N–H and O–H groups in total. The fourth-order valence-corrected chi connectivity index (χ4v) is 1.98. The van der Waals surface area contributed by atoms with Gasteiger partial charge in [-0.05, 0) is 35.9 Å². The van der Waals surface area contributed by atoms with E-state index < -0.39 is 11.7 Å². The standard InChI is InChI=1S/C14H12F3N3S/c15-14(16,17)12-2-1-10(7-11(12)13(18)21)20-8-9-3-5-19-6-4-9/h1-7,20H,8H2,(H2,18,21). The number of rotatable bonds is 4. The molecule has 0 radical (unpaired) electrons. The molecular formula is C14H12F3N3S. The Kier molecular flexibility index (Phi) is 4.42. The highest BCUT2D eigenvalue weighted by molar-refractivity contribution is 7.80. The summed E-state index contributed by atoms with van der Waals surface area (Å²) in [6, 6.07) is 7.26. The van der Waals surface area contributed by atoms with Crippen molar-refractivity contribution in [1.82, 2.24) is 4.98 Å². The third-order valence-corrected chi connectivity index (χ3v) is 3.06. The van der Waals surface area contributed by atoms with E-state index in [2.05, 4.69) is 10.3 Å². The monoisotopic (exact) mass is 311 g/mol. The number of hydrogen-bond donors (Lipinski definition) is 2. The SMILES string of the molecule is NC(=S)c1cc(NCc2ccncc2)ccc1C(F)(F)F. The number of alkyl halides is 3. The van der Waals surface area contributed by atoms with E-state index in [4.69, 9.17) is 18.0 Å². The smallest absolute Gasteiger partial charge is 0.389 e. The molecule has 0 aliphatic heterocycles. The van der Waals surface area contributed by atoms with Gasteiger partial charge in [0.1, 0.15) is 4.99 Å². The van der Waals surface area contributed by atoms with Crippen LogP contribution in [-0.2, 0) is 12.7 Å². The summed E-state index contributed by atoms with van der Waals surface area (Å²) < 4.78 is 38.5. The van der Waals surface area contributed by atoms with Crippen LogP contribution in [0.3, 0.4) is 0 Å². The van der Waals surface area contributed by atoms with Crippen LogP contribution in [0.25, 0.3) is 0 Å². The largest absolute Gasteiger partial charge is 0.417 e. The number of thiocarbonyl (C=S) groups is 1. The summed E-state index contributed by atoms with van der Waals surface area (Å²) in [5.41, 5.74) is 5.85. The Morgan fingerprint density at radius 3 is 2.43 bits per heavy atom. The van der Waals surface area contributed by atoms with Crippen molar-refractivity contribution in [2.45, 2.75) is 12.7 Å². The topological polar surface area (TPSA) is 50.9 Å². The van der Waals surface area contributed by atoms with Crippen molar-refractivity contribution in [3.05, 3.63) is 59.4 Å². The molecule has 3 nitrogen and oxygen atoms in total. The quantitative estimate of drug-likeness (QED) is 0.850. The molecule has 0 aliphatic rings. The number of nitrogens with one attached hydrogen (secondary N) is 1. The molecule has 7 heteroatoms. The van der Waals surface area contributed by atoms with Gasteiger partial charge in [-0.25, -0.2) is 0 Å². The van der Waals surface area contributed by atoms with Crippen molar-refractivity contribution in [1.29, 1.82) is 0 Å². The average molecular weight is 311 g/mol. The van der Waals surface area contributed by atoms with Gasteiger partial charge in [0.2, 0.25) is 0 Å². The van der Waals surface area contributed by atoms with Gasteiger partial charge in [-0.2, -0.15) is 13.2 Å². The molecule has 0 amide bonds. The number of hydrogen-bond acceptors (Lipinski definition) is 3. The fraction of sp³-hybridized carbons (Fsp3) is 0.143.